The Bertz CT molecular complexity index is 609. The molecule has 1 saturated heterocycles. The average Bonchev–Trinajstić information content (AvgIpc) is 3.03. The molecule has 1 saturated carbocycles. The molecule has 1 aliphatic heterocycles. The van der Waals surface area contributed by atoms with Crippen LogP contribution in [0.3, 0.4) is 0 Å². The van der Waals surface area contributed by atoms with Crippen LogP contribution in [0.15, 0.2) is 12.4 Å². The first-order valence-electron chi connectivity index (χ1n) is 8.12. The average molecular weight is 327 g/mol. The van der Waals surface area contributed by atoms with Crippen LogP contribution in [0.5, 0.6) is 0 Å². The van der Waals surface area contributed by atoms with E-state index in [9.17, 15) is 13.5 Å². The highest BCUT2D eigenvalue weighted by Crippen LogP contribution is 2.33. The Labute approximate surface area is 132 Å². The summed E-state index contributed by atoms with van der Waals surface area (Å²) in [7, 11) is -1.38. The molecular formula is C15H25N3O3S. The zero-order chi connectivity index (χ0) is 15.7. The first-order valence-corrected chi connectivity index (χ1v) is 9.73. The zero-order valence-corrected chi connectivity index (χ0v) is 13.9. The molecule has 0 aromatic carbocycles. The van der Waals surface area contributed by atoms with E-state index in [1.165, 1.54) is 0 Å². The van der Waals surface area contributed by atoms with Crippen LogP contribution < -0.4 is 0 Å². The second-order valence-electron chi connectivity index (χ2n) is 6.68. The quantitative estimate of drug-likeness (QED) is 0.858. The van der Waals surface area contributed by atoms with Crippen molar-refractivity contribution in [3.8, 4) is 0 Å². The minimum absolute atomic E-state index is 0.0831. The number of rotatable bonds is 6. The molecule has 2 fully saturated rings. The molecule has 1 aromatic rings. The van der Waals surface area contributed by atoms with Crippen molar-refractivity contribution < 1.29 is 13.5 Å². The number of nitrogens with zero attached hydrogens (tertiary/aromatic N) is 3. The predicted octanol–water partition coefficient (Wildman–Crippen LogP) is 1.44. The van der Waals surface area contributed by atoms with Crippen molar-refractivity contribution >= 4 is 10.0 Å². The van der Waals surface area contributed by atoms with Crippen LogP contribution in [0, 0.1) is 5.92 Å². The Morgan fingerprint density at radius 2 is 2.14 bits per heavy atom. The number of hydrogen-bond donors (Lipinski definition) is 1. The van der Waals surface area contributed by atoms with E-state index in [2.05, 4.69) is 5.10 Å². The van der Waals surface area contributed by atoms with Gasteiger partial charge in [-0.05, 0) is 38.0 Å². The summed E-state index contributed by atoms with van der Waals surface area (Å²) in [6.07, 6.45) is 8.18. The first-order chi connectivity index (χ1) is 10.5. The molecule has 3 rings (SSSR count). The van der Waals surface area contributed by atoms with Crippen LogP contribution in [-0.2, 0) is 17.1 Å². The van der Waals surface area contributed by atoms with Crippen molar-refractivity contribution in [2.75, 3.05) is 12.3 Å². The van der Waals surface area contributed by atoms with Crippen LogP contribution in [0.4, 0.5) is 0 Å². The summed E-state index contributed by atoms with van der Waals surface area (Å²) in [5, 5.41) is 14.4. The smallest absolute Gasteiger partial charge is 0.214 e. The fourth-order valence-electron chi connectivity index (χ4n) is 3.47. The monoisotopic (exact) mass is 327 g/mol. The van der Waals surface area contributed by atoms with Gasteiger partial charge in [0.15, 0.2) is 0 Å². The number of aromatic nitrogens is 2. The van der Waals surface area contributed by atoms with Crippen molar-refractivity contribution in [3.05, 3.63) is 18.0 Å². The zero-order valence-electron chi connectivity index (χ0n) is 13.1. The van der Waals surface area contributed by atoms with E-state index in [4.69, 9.17) is 0 Å². The predicted molar refractivity (Wildman–Crippen MR) is 83.6 cm³/mol. The Morgan fingerprint density at radius 1 is 1.36 bits per heavy atom. The molecule has 2 aliphatic rings. The van der Waals surface area contributed by atoms with Gasteiger partial charge in [-0.3, -0.25) is 4.68 Å². The Balaban J connectivity index is 1.64. The fourth-order valence-corrected chi connectivity index (χ4v) is 5.64. The van der Waals surface area contributed by atoms with Gasteiger partial charge in [0.05, 0.1) is 18.1 Å². The molecule has 1 aliphatic carbocycles. The molecule has 7 heteroatoms. The van der Waals surface area contributed by atoms with Crippen LogP contribution in [-0.4, -0.2) is 45.9 Å². The number of hydrogen-bond acceptors (Lipinski definition) is 4. The molecule has 0 amide bonds. The normalized spacial score (nSPS) is 25.3. The van der Waals surface area contributed by atoms with E-state index < -0.39 is 16.1 Å². The summed E-state index contributed by atoms with van der Waals surface area (Å²) in [4.78, 5) is 0. The lowest BCUT2D eigenvalue weighted by Gasteiger charge is -2.30. The van der Waals surface area contributed by atoms with E-state index in [0.29, 0.717) is 18.9 Å². The third-order valence-corrected chi connectivity index (χ3v) is 7.04. The standard InChI is InChI=1S/C15H25N3O3S/c1-17-10-13(9-16-17)15(19)8-14-6-3-7-18(14)22(20,21)11-12-4-2-5-12/h9-10,12,14-15,19H,2-8,11H2,1H3. The van der Waals surface area contributed by atoms with Gasteiger partial charge in [0.2, 0.25) is 10.0 Å². The highest BCUT2D eigenvalue weighted by Gasteiger charge is 2.37. The first kappa shape index (κ1) is 16.0. The van der Waals surface area contributed by atoms with Crippen LogP contribution in [0.25, 0.3) is 0 Å². The van der Waals surface area contributed by atoms with Gasteiger partial charge in [-0.1, -0.05) is 6.42 Å². The summed E-state index contributed by atoms with van der Waals surface area (Å²) < 4.78 is 28.5. The topological polar surface area (TPSA) is 75.4 Å². The molecule has 124 valence electrons. The van der Waals surface area contributed by atoms with Gasteiger partial charge in [-0.2, -0.15) is 9.40 Å². The SMILES string of the molecule is Cn1cc(C(O)CC2CCCN2S(=O)(=O)CC2CCC2)cn1. The van der Waals surface area contributed by atoms with Crippen molar-refractivity contribution in [1.29, 1.82) is 0 Å². The van der Waals surface area contributed by atoms with Gasteiger partial charge in [0, 0.05) is 31.4 Å². The highest BCUT2D eigenvalue weighted by molar-refractivity contribution is 7.89. The lowest BCUT2D eigenvalue weighted by Crippen LogP contribution is -2.40. The Morgan fingerprint density at radius 3 is 2.73 bits per heavy atom. The summed E-state index contributed by atoms with van der Waals surface area (Å²) in [5.74, 6) is 0.626. The molecule has 22 heavy (non-hydrogen) atoms. The Kier molecular flexibility index (Phi) is 4.56. The maximum atomic E-state index is 12.6. The van der Waals surface area contributed by atoms with Gasteiger partial charge in [-0.15, -0.1) is 0 Å². The Hall–Kier alpha value is -0.920. The summed E-state index contributed by atoms with van der Waals surface area (Å²) in [5.41, 5.74) is 0.755. The lowest BCUT2D eigenvalue weighted by atomic mass is 9.87. The third-order valence-electron chi connectivity index (χ3n) is 4.96. The highest BCUT2D eigenvalue weighted by atomic mass is 32.2. The second kappa shape index (κ2) is 6.29. The van der Waals surface area contributed by atoms with Crippen LogP contribution in [0.1, 0.15) is 50.2 Å². The minimum atomic E-state index is -3.19. The van der Waals surface area contributed by atoms with Crippen LogP contribution >= 0.6 is 0 Å². The van der Waals surface area contributed by atoms with Crippen LogP contribution in [0.2, 0.25) is 0 Å². The molecule has 0 bridgehead atoms. The van der Waals surface area contributed by atoms with Gasteiger partial charge in [0.1, 0.15) is 0 Å². The number of aliphatic hydroxyl groups is 1. The fraction of sp³-hybridized carbons (Fsp3) is 0.800. The molecule has 2 unspecified atom stereocenters. The van der Waals surface area contributed by atoms with Gasteiger partial charge >= 0.3 is 0 Å². The lowest BCUT2D eigenvalue weighted by molar-refractivity contribution is 0.141. The molecule has 0 radical (unpaired) electrons. The van der Waals surface area contributed by atoms with Crippen molar-refractivity contribution in [1.82, 2.24) is 14.1 Å². The maximum absolute atomic E-state index is 12.6. The molecule has 6 nitrogen and oxygen atoms in total. The third kappa shape index (κ3) is 3.36. The van der Waals surface area contributed by atoms with E-state index in [-0.39, 0.29) is 11.8 Å². The molecule has 1 N–H and O–H groups in total. The number of aliphatic hydroxyl groups excluding tert-OH is 1. The minimum Gasteiger partial charge on any atom is -0.388 e. The molecule has 2 atom stereocenters. The summed E-state index contributed by atoms with van der Waals surface area (Å²) >= 11 is 0. The van der Waals surface area contributed by atoms with E-state index >= 15 is 0 Å². The number of aryl methyl sites for hydroxylation is 1. The van der Waals surface area contributed by atoms with E-state index in [1.807, 2.05) is 0 Å². The molecular weight excluding hydrogens is 302 g/mol. The van der Waals surface area contributed by atoms with Crippen molar-refractivity contribution in [3.63, 3.8) is 0 Å². The summed E-state index contributed by atoms with van der Waals surface area (Å²) in [6.45, 7) is 0.597. The van der Waals surface area contributed by atoms with Gasteiger partial charge in [-0.25, -0.2) is 8.42 Å². The van der Waals surface area contributed by atoms with Gasteiger partial charge in [0.25, 0.3) is 0 Å². The molecule has 0 spiro atoms. The second-order valence-corrected chi connectivity index (χ2v) is 8.65. The maximum Gasteiger partial charge on any atom is 0.214 e. The molecule has 2 heterocycles. The van der Waals surface area contributed by atoms with E-state index in [1.54, 1.807) is 28.4 Å². The molecule has 1 aromatic heterocycles. The largest absolute Gasteiger partial charge is 0.388 e. The van der Waals surface area contributed by atoms with Gasteiger partial charge < -0.3 is 5.11 Å². The van der Waals surface area contributed by atoms with Crippen molar-refractivity contribution in [2.45, 2.75) is 50.7 Å². The summed E-state index contributed by atoms with van der Waals surface area (Å²) in [6, 6.07) is -0.0831. The van der Waals surface area contributed by atoms with E-state index in [0.717, 1.165) is 37.7 Å². The van der Waals surface area contributed by atoms with Crippen molar-refractivity contribution in [2.24, 2.45) is 13.0 Å². The number of sulfonamides is 1.